The van der Waals surface area contributed by atoms with Crippen LogP contribution < -0.4 is 0 Å². The van der Waals surface area contributed by atoms with Crippen molar-refractivity contribution in [3.63, 3.8) is 0 Å². The van der Waals surface area contributed by atoms with Gasteiger partial charge in [0.2, 0.25) is 0 Å². The van der Waals surface area contributed by atoms with Gasteiger partial charge < -0.3 is 46.9 Å². The summed E-state index contributed by atoms with van der Waals surface area (Å²) in [5.74, 6) is -3.71. The number of rotatable bonds is 20. The van der Waals surface area contributed by atoms with Gasteiger partial charge in [-0.15, -0.1) is 66.5 Å². The highest BCUT2D eigenvalue weighted by molar-refractivity contribution is 7.65. The van der Waals surface area contributed by atoms with Gasteiger partial charge in [0.15, 0.2) is 0 Å². The first-order chi connectivity index (χ1) is 37.9. The molecule has 35 heteroatoms. The molecule has 0 heterocycles. The molecule has 8 fully saturated rings. The Morgan fingerprint density at radius 1 is 0.488 bits per heavy atom. The lowest BCUT2D eigenvalue weighted by Crippen LogP contribution is -2.61. The fraction of sp³-hybridized carbons (Fsp3) is 0.939. The van der Waals surface area contributed by atoms with Gasteiger partial charge in [0.1, 0.15) is 19.8 Å². The number of esters is 3. The fourth-order valence-corrected chi connectivity index (χ4v) is 32.0. The Kier molecular flexibility index (Phi) is 24.5. The second kappa shape index (κ2) is 27.6. The van der Waals surface area contributed by atoms with Crippen LogP contribution in [0.5, 0.6) is 0 Å². The molecule has 3 N–H and O–H groups in total. The highest BCUT2D eigenvalue weighted by Gasteiger charge is 2.74. The molecule has 490 valence electrons. The molecule has 0 spiro atoms. The topological polar surface area (TPSA) is 177 Å². The number of aliphatic hydroxyl groups is 3. The lowest BCUT2D eigenvalue weighted by molar-refractivity contribution is -0.373. The summed E-state index contributed by atoms with van der Waals surface area (Å²) in [5, 5.41) is 28.1. The first-order valence-corrected chi connectivity index (χ1v) is 41.6. The van der Waals surface area contributed by atoms with Crippen molar-refractivity contribution >= 4 is 114 Å². The molecule has 0 saturated heterocycles. The highest BCUT2D eigenvalue weighted by atomic mass is 35.8. The van der Waals surface area contributed by atoms with Gasteiger partial charge in [-0.05, 0) is 167 Å². The van der Waals surface area contributed by atoms with Crippen molar-refractivity contribution in [2.45, 2.75) is 169 Å². The maximum atomic E-state index is 13.4. The van der Waals surface area contributed by atoms with E-state index in [1.807, 2.05) is 6.55 Å². The van der Waals surface area contributed by atoms with E-state index in [-0.39, 0.29) is 123 Å². The summed E-state index contributed by atoms with van der Waals surface area (Å²) in [5.41, 5.74) is -10.2. The van der Waals surface area contributed by atoms with E-state index in [0.717, 1.165) is 25.7 Å². The molecule has 0 aromatic heterocycles. The van der Waals surface area contributed by atoms with Crippen LogP contribution in [-0.4, -0.2) is 146 Å². The third kappa shape index (κ3) is 15.8. The molecule has 0 amide bonds. The molecule has 8 saturated carbocycles. The number of carbonyl (C=O) groups excluding carboxylic acids is 3. The van der Waals surface area contributed by atoms with E-state index in [4.69, 9.17) is 103 Å². The van der Waals surface area contributed by atoms with Crippen LogP contribution in [0.2, 0.25) is 28.7 Å². The number of halogens is 18. The van der Waals surface area contributed by atoms with Crippen LogP contribution in [0.3, 0.4) is 0 Å². The van der Waals surface area contributed by atoms with E-state index in [1.54, 1.807) is 0 Å². The molecule has 8 bridgehead atoms. The zero-order valence-corrected chi connectivity index (χ0v) is 54.2. The third-order valence-electron chi connectivity index (χ3n) is 19.5. The maximum Gasteiger partial charge on any atom is 0.495 e. The third-order valence-corrected chi connectivity index (χ3v) is 35.9. The monoisotopic (exact) mass is 1420 g/mol. The summed E-state index contributed by atoms with van der Waals surface area (Å²) >= 11 is 36.1. The molecule has 17 unspecified atom stereocenters. The molecular formula is C49H74Cl6F12O13Si4. The molecule has 8 rings (SSSR count). The Morgan fingerprint density at radius 3 is 1.35 bits per heavy atom. The predicted molar refractivity (Wildman–Crippen MR) is 294 cm³/mol. The normalized spacial score (nSPS) is 33.6. The lowest BCUT2D eigenvalue weighted by atomic mass is 9.79. The van der Waals surface area contributed by atoms with E-state index < -0.39 is 107 Å². The van der Waals surface area contributed by atoms with Gasteiger partial charge in [-0.3, -0.25) is 14.4 Å². The zero-order chi connectivity index (χ0) is 62.6. The van der Waals surface area contributed by atoms with Crippen LogP contribution >= 0.6 is 66.5 Å². The quantitative estimate of drug-likeness (QED) is 0.0262. The maximum absolute atomic E-state index is 13.4. The number of hydrogen-bond donors (Lipinski definition) is 3. The first-order valence-electron chi connectivity index (χ1n) is 27.2. The molecule has 0 aromatic carbocycles. The molecule has 17 atom stereocenters. The first kappa shape index (κ1) is 74.6. The van der Waals surface area contributed by atoms with Crippen LogP contribution in [-0.2, 0) is 46.0 Å². The molecule has 0 aromatic rings. The van der Waals surface area contributed by atoms with Gasteiger partial charge in [-0.25, -0.2) is 0 Å². The Hall–Kier alpha value is -0.102. The van der Waals surface area contributed by atoms with Gasteiger partial charge in [-0.1, -0.05) is 7.43 Å². The summed E-state index contributed by atoms with van der Waals surface area (Å²) in [6, 6.07) is -5.99. The van der Waals surface area contributed by atoms with Crippen molar-refractivity contribution in [2.75, 3.05) is 47.8 Å². The number of ether oxygens (including phenoxy) is 3. The van der Waals surface area contributed by atoms with Crippen molar-refractivity contribution in [1.29, 1.82) is 0 Å². The van der Waals surface area contributed by atoms with Gasteiger partial charge in [0, 0.05) is 39.3 Å². The van der Waals surface area contributed by atoms with Gasteiger partial charge >= 0.3 is 72.0 Å². The van der Waals surface area contributed by atoms with E-state index in [9.17, 15) is 77.3 Å². The zero-order valence-electron chi connectivity index (χ0n) is 45.7. The van der Waals surface area contributed by atoms with Crippen LogP contribution in [0.4, 0.5) is 52.7 Å². The van der Waals surface area contributed by atoms with Gasteiger partial charge in [0.25, 0.3) is 11.2 Å². The van der Waals surface area contributed by atoms with Crippen molar-refractivity contribution < 1.29 is 114 Å². The lowest BCUT2D eigenvalue weighted by Gasteiger charge is -2.46. The molecule has 8 aliphatic rings. The minimum absolute atomic E-state index is 0. The molecule has 13 nitrogen and oxygen atoms in total. The van der Waals surface area contributed by atoms with Crippen LogP contribution in [0, 0.1) is 71.0 Å². The van der Waals surface area contributed by atoms with Crippen molar-refractivity contribution in [3.8, 4) is 0 Å². The molecule has 0 radical (unpaired) electrons. The van der Waals surface area contributed by atoms with Crippen molar-refractivity contribution in [1.82, 2.24) is 0 Å². The molecular weight excluding hydrogens is 1350 g/mol. The Labute approximate surface area is 512 Å². The summed E-state index contributed by atoms with van der Waals surface area (Å²) in [6.07, 6.45) is -19.3. The highest BCUT2D eigenvalue weighted by Crippen LogP contribution is 2.66. The standard InChI is InChI=1S/C25H40F6O8Si2.C12H17Cl3O4Si.C11H13Cl3F6OSi.CH4/c1-35-40(4,20-11-14-7-16(20)9-18(14)13-23(34,24(26,27)28)25(29,30)31)39-41(36-2,37-3)21-12-15-8-17(21)10-19(15)22(33)38-6-5-32;1-7(16)18-2-3-19-12(17)10-5-8-4-9(10)11(6-8)20(13,14)15;12-22(13,14)8-3-5-1-6(7(8)2-5)4-9(21,10(15,16)17)11(18,19)20;/h14-21,32,34H,5-13H2,1-4H3;8-11H,2-6H2,1H3;5-8,21H,1-4H2;1H4. The molecule has 84 heavy (non-hydrogen) atoms. The number of hydrogen-bond acceptors (Lipinski definition) is 13. The van der Waals surface area contributed by atoms with Crippen molar-refractivity contribution in [3.05, 3.63) is 0 Å². The number of carbonyl (C=O) groups is 3. The fourth-order valence-electron chi connectivity index (χ4n) is 15.7. The summed E-state index contributed by atoms with van der Waals surface area (Å²) in [6.45, 7) is 3.03. The minimum atomic E-state index is -5.83. The van der Waals surface area contributed by atoms with E-state index in [2.05, 4.69) is 0 Å². The molecule has 0 aliphatic heterocycles. The van der Waals surface area contributed by atoms with E-state index in [1.165, 1.54) is 28.3 Å². The SMILES string of the molecule is C.CC(=O)OCCOC(=O)C1CC2CC1C([Si](Cl)(Cl)Cl)C2.CO[Si](C)(O[Si](OC)(OC)C1CC2CC1CC2C(=O)OCCO)C1CC2CC1CC2CC(O)(C(F)(F)F)C(F)(F)F.OC(CC1CC2CC1C([Si](Cl)(Cl)Cl)C2)(C(F)(F)F)C(F)(F)F. The number of alkyl halides is 12. The van der Waals surface area contributed by atoms with Crippen LogP contribution in [0.1, 0.15) is 104 Å². The Morgan fingerprint density at radius 2 is 0.929 bits per heavy atom. The Balaban J connectivity index is 0.000000253. The number of aliphatic hydroxyl groups excluding tert-OH is 1. The number of fused-ring (bicyclic) bond motifs is 8. The van der Waals surface area contributed by atoms with E-state index >= 15 is 0 Å². The largest absolute Gasteiger partial charge is 0.495 e. The van der Waals surface area contributed by atoms with Crippen LogP contribution in [0.25, 0.3) is 0 Å². The summed E-state index contributed by atoms with van der Waals surface area (Å²) in [7, 11) is -2.04. The van der Waals surface area contributed by atoms with E-state index in [0.29, 0.717) is 44.4 Å². The second-order valence-corrected chi connectivity index (χ2v) is 48.6. The van der Waals surface area contributed by atoms with Crippen molar-refractivity contribution in [2.24, 2.45) is 71.0 Å². The minimum Gasteiger partial charge on any atom is -0.463 e. The smallest absolute Gasteiger partial charge is 0.463 e. The van der Waals surface area contributed by atoms with Crippen LogP contribution in [0.15, 0.2) is 0 Å². The average Bonchev–Trinajstić information content (AvgIpc) is 1.77. The summed E-state index contributed by atoms with van der Waals surface area (Å²) in [4.78, 5) is 35.1. The Bertz CT molecular complexity index is 2230. The average molecular weight is 1420 g/mol. The predicted octanol–water partition coefficient (Wildman–Crippen LogP) is 13.7. The van der Waals surface area contributed by atoms with Gasteiger partial charge in [-0.2, -0.15) is 52.7 Å². The summed E-state index contributed by atoms with van der Waals surface area (Å²) < 4.78 is 197. The second-order valence-electron chi connectivity index (χ2n) is 24.0. The molecule has 8 aliphatic carbocycles. The van der Waals surface area contributed by atoms with Gasteiger partial charge in [0.05, 0.1) is 18.4 Å².